The van der Waals surface area contributed by atoms with Gasteiger partial charge in [-0.1, -0.05) is 17.3 Å². The molecule has 0 spiro atoms. The van der Waals surface area contributed by atoms with Crippen LogP contribution in [0.5, 0.6) is 23.0 Å². The predicted octanol–water partition coefficient (Wildman–Crippen LogP) is 3.67. The van der Waals surface area contributed by atoms with Gasteiger partial charge in [-0.05, 0) is 42.5 Å². The number of phenolic OH excluding ortho intramolecular Hbond substituents is 2. The topological polar surface area (TPSA) is 85.0 Å². The van der Waals surface area contributed by atoms with E-state index in [1.807, 2.05) is 30.3 Å². The molecule has 6 heteroatoms. The summed E-state index contributed by atoms with van der Waals surface area (Å²) < 4.78 is 15.6. The highest BCUT2D eigenvalue weighted by molar-refractivity contribution is 5.41. The molecule has 0 aliphatic rings. The molecule has 0 atom stereocenters. The number of aromatic nitrogens is 1. The SMILES string of the molecule is COc1ccc(CCc2cc(CCc3ccc(OC)cc3O)on2)c(O)c1. The molecule has 0 fully saturated rings. The highest BCUT2D eigenvalue weighted by Crippen LogP contribution is 2.26. The Bertz CT molecular complexity index is 831. The van der Waals surface area contributed by atoms with Gasteiger partial charge in [0.05, 0.1) is 19.9 Å². The van der Waals surface area contributed by atoms with Gasteiger partial charge in [-0.2, -0.15) is 0 Å². The highest BCUT2D eigenvalue weighted by Gasteiger charge is 2.09. The third kappa shape index (κ3) is 4.73. The largest absolute Gasteiger partial charge is 0.508 e. The molecule has 0 aliphatic heterocycles. The molecule has 2 aromatic carbocycles. The Morgan fingerprint density at radius 1 is 0.778 bits per heavy atom. The van der Waals surface area contributed by atoms with Crippen LogP contribution in [0.25, 0.3) is 0 Å². The van der Waals surface area contributed by atoms with Gasteiger partial charge in [0.15, 0.2) is 0 Å². The van der Waals surface area contributed by atoms with E-state index in [0.717, 1.165) is 22.6 Å². The summed E-state index contributed by atoms with van der Waals surface area (Å²) in [6.07, 6.45) is 2.60. The first kappa shape index (κ1) is 18.6. The van der Waals surface area contributed by atoms with Crippen molar-refractivity contribution >= 4 is 0 Å². The summed E-state index contributed by atoms with van der Waals surface area (Å²) in [5, 5.41) is 24.1. The highest BCUT2D eigenvalue weighted by atomic mass is 16.5. The molecule has 0 unspecified atom stereocenters. The quantitative estimate of drug-likeness (QED) is 0.630. The molecule has 1 heterocycles. The Kier molecular flexibility index (Phi) is 5.86. The maximum atomic E-state index is 10.0. The number of hydrogen-bond acceptors (Lipinski definition) is 6. The average molecular weight is 369 g/mol. The number of aryl methyl sites for hydroxylation is 4. The fraction of sp³-hybridized carbons (Fsp3) is 0.286. The fourth-order valence-electron chi connectivity index (χ4n) is 2.88. The zero-order valence-electron chi connectivity index (χ0n) is 15.4. The Morgan fingerprint density at radius 3 is 1.85 bits per heavy atom. The number of rotatable bonds is 8. The standard InChI is InChI=1S/C21H23NO5/c1-25-17-8-4-14(20(23)12-17)3-7-16-11-19(27-22-16)10-6-15-5-9-18(26-2)13-21(15)24/h4-5,8-9,11-13,23-24H,3,6-7,10H2,1-2H3. The predicted molar refractivity (Wildman–Crippen MR) is 101 cm³/mol. The third-order valence-electron chi connectivity index (χ3n) is 4.48. The van der Waals surface area contributed by atoms with E-state index >= 15 is 0 Å². The van der Waals surface area contributed by atoms with E-state index < -0.39 is 0 Å². The lowest BCUT2D eigenvalue weighted by Gasteiger charge is -2.05. The van der Waals surface area contributed by atoms with Gasteiger partial charge in [-0.3, -0.25) is 0 Å². The van der Waals surface area contributed by atoms with Crippen LogP contribution >= 0.6 is 0 Å². The van der Waals surface area contributed by atoms with Gasteiger partial charge in [0, 0.05) is 24.6 Å². The molecule has 0 amide bonds. The second-order valence-electron chi connectivity index (χ2n) is 6.27. The second-order valence-corrected chi connectivity index (χ2v) is 6.27. The second kappa shape index (κ2) is 8.49. The molecule has 1 aromatic heterocycles. The fourth-order valence-corrected chi connectivity index (χ4v) is 2.88. The van der Waals surface area contributed by atoms with Crippen molar-refractivity contribution < 1.29 is 24.2 Å². The van der Waals surface area contributed by atoms with E-state index in [-0.39, 0.29) is 11.5 Å². The van der Waals surface area contributed by atoms with Crippen molar-refractivity contribution in [3.8, 4) is 23.0 Å². The molecular formula is C21H23NO5. The number of aromatic hydroxyl groups is 2. The lowest BCUT2D eigenvalue weighted by molar-refractivity contribution is 0.375. The van der Waals surface area contributed by atoms with Gasteiger partial charge in [0.1, 0.15) is 28.8 Å². The van der Waals surface area contributed by atoms with Crippen molar-refractivity contribution in [1.29, 1.82) is 0 Å². The van der Waals surface area contributed by atoms with Gasteiger partial charge in [0.2, 0.25) is 0 Å². The lowest BCUT2D eigenvalue weighted by atomic mass is 10.1. The molecule has 0 radical (unpaired) electrons. The van der Waals surface area contributed by atoms with Crippen LogP contribution in [0.2, 0.25) is 0 Å². The summed E-state index contributed by atoms with van der Waals surface area (Å²) in [4.78, 5) is 0. The normalized spacial score (nSPS) is 10.7. The maximum Gasteiger partial charge on any atom is 0.137 e. The molecule has 0 bridgehead atoms. The monoisotopic (exact) mass is 369 g/mol. The molecule has 0 saturated heterocycles. The van der Waals surface area contributed by atoms with E-state index in [2.05, 4.69) is 5.16 Å². The summed E-state index contributed by atoms with van der Waals surface area (Å²) in [5.41, 5.74) is 2.50. The van der Waals surface area contributed by atoms with E-state index in [9.17, 15) is 10.2 Å². The lowest BCUT2D eigenvalue weighted by Crippen LogP contribution is -1.93. The van der Waals surface area contributed by atoms with Gasteiger partial charge in [-0.15, -0.1) is 0 Å². The van der Waals surface area contributed by atoms with E-state index in [4.69, 9.17) is 14.0 Å². The maximum absolute atomic E-state index is 10.0. The number of ether oxygens (including phenoxy) is 2. The molecule has 3 aromatic rings. The molecule has 2 N–H and O–H groups in total. The molecule has 3 rings (SSSR count). The average Bonchev–Trinajstić information content (AvgIpc) is 3.13. The number of methoxy groups -OCH3 is 2. The Morgan fingerprint density at radius 2 is 1.33 bits per heavy atom. The minimum absolute atomic E-state index is 0.212. The van der Waals surface area contributed by atoms with Crippen LogP contribution in [-0.4, -0.2) is 29.6 Å². The van der Waals surface area contributed by atoms with Gasteiger partial charge < -0.3 is 24.2 Å². The van der Waals surface area contributed by atoms with Gasteiger partial charge in [0.25, 0.3) is 0 Å². The molecule has 6 nitrogen and oxygen atoms in total. The van der Waals surface area contributed by atoms with Crippen LogP contribution in [0.15, 0.2) is 47.0 Å². The number of hydrogen-bond donors (Lipinski definition) is 2. The minimum atomic E-state index is 0.212. The first-order valence-corrected chi connectivity index (χ1v) is 8.75. The Balaban J connectivity index is 1.55. The minimum Gasteiger partial charge on any atom is -0.508 e. The van der Waals surface area contributed by atoms with Crippen LogP contribution in [-0.2, 0) is 25.7 Å². The molecule has 0 aliphatic carbocycles. The molecular weight excluding hydrogens is 346 g/mol. The zero-order chi connectivity index (χ0) is 19.2. The van der Waals surface area contributed by atoms with Crippen LogP contribution in [0.1, 0.15) is 22.6 Å². The van der Waals surface area contributed by atoms with E-state index in [0.29, 0.717) is 37.2 Å². The van der Waals surface area contributed by atoms with E-state index in [1.165, 1.54) is 0 Å². The van der Waals surface area contributed by atoms with E-state index in [1.54, 1.807) is 26.4 Å². The molecule has 0 saturated carbocycles. The zero-order valence-corrected chi connectivity index (χ0v) is 15.4. The summed E-state index contributed by atoms with van der Waals surface area (Å²) in [6, 6.07) is 12.5. The molecule has 27 heavy (non-hydrogen) atoms. The summed E-state index contributed by atoms with van der Waals surface area (Å²) in [7, 11) is 3.13. The van der Waals surface area contributed by atoms with Crippen molar-refractivity contribution in [2.75, 3.05) is 14.2 Å². The third-order valence-corrected chi connectivity index (χ3v) is 4.48. The van der Waals surface area contributed by atoms with Crippen molar-refractivity contribution in [3.05, 3.63) is 65.0 Å². The van der Waals surface area contributed by atoms with Crippen LogP contribution in [0, 0.1) is 0 Å². The Hall–Kier alpha value is -3.15. The summed E-state index contributed by atoms with van der Waals surface area (Å²) in [5.74, 6) is 2.44. The van der Waals surface area contributed by atoms with Crippen molar-refractivity contribution in [1.82, 2.24) is 5.16 Å². The van der Waals surface area contributed by atoms with Crippen molar-refractivity contribution in [3.63, 3.8) is 0 Å². The Labute approximate surface area is 158 Å². The van der Waals surface area contributed by atoms with Crippen LogP contribution < -0.4 is 9.47 Å². The van der Waals surface area contributed by atoms with Crippen molar-refractivity contribution in [2.24, 2.45) is 0 Å². The summed E-state index contributed by atoms with van der Waals surface area (Å²) >= 11 is 0. The van der Waals surface area contributed by atoms with Gasteiger partial charge >= 0.3 is 0 Å². The van der Waals surface area contributed by atoms with Crippen molar-refractivity contribution in [2.45, 2.75) is 25.7 Å². The smallest absolute Gasteiger partial charge is 0.137 e. The number of phenols is 2. The summed E-state index contributed by atoms with van der Waals surface area (Å²) in [6.45, 7) is 0. The molecule has 142 valence electrons. The number of nitrogens with zero attached hydrogens (tertiary/aromatic N) is 1. The van der Waals surface area contributed by atoms with Gasteiger partial charge in [-0.25, -0.2) is 0 Å². The number of benzene rings is 2. The van der Waals surface area contributed by atoms with Crippen LogP contribution in [0.4, 0.5) is 0 Å². The first-order valence-electron chi connectivity index (χ1n) is 8.75. The van der Waals surface area contributed by atoms with Crippen LogP contribution in [0.3, 0.4) is 0 Å². The first-order chi connectivity index (χ1) is 13.1.